The first-order valence-corrected chi connectivity index (χ1v) is 8.37. The maximum atomic E-state index is 13.3. The van der Waals surface area contributed by atoms with Crippen LogP contribution < -0.4 is 0 Å². The van der Waals surface area contributed by atoms with Crippen molar-refractivity contribution in [2.24, 2.45) is 5.92 Å². The summed E-state index contributed by atoms with van der Waals surface area (Å²) in [7, 11) is 0. The zero-order valence-corrected chi connectivity index (χ0v) is 13.7. The van der Waals surface area contributed by atoms with Crippen LogP contribution in [0, 0.1) is 5.92 Å². The van der Waals surface area contributed by atoms with Gasteiger partial charge in [0.25, 0.3) is 0 Å². The van der Waals surface area contributed by atoms with Gasteiger partial charge >= 0.3 is 12.4 Å². The summed E-state index contributed by atoms with van der Waals surface area (Å²) in [5.41, 5.74) is -3.55. The summed E-state index contributed by atoms with van der Waals surface area (Å²) in [5, 5.41) is 9.62. The molecule has 2 nitrogen and oxygen atoms in total. The number of fused-ring (bicyclic) bond motifs is 1. The Bertz CT molecular complexity index is 806. The van der Waals surface area contributed by atoms with Crippen molar-refractivity contribution in [2.45, 2.75) is 50.9 Å². The third kappa shape index (κ3) is 3.73. The summed E-state index contributed by atoms with van der Waals surface area (Å²) < 4.78 is 79.5. The number of alkyl halides is 6. The van der Waals surface area contributed by atoms with Crippen molar-refractivity contribution in [3.63, 3.8) is 0 Å². The van der Waals surface area contributed by atoms with Crippen molar-refractivity contribution in [3.05, 3.63) is 35.0 Å². The Kier molecular flexibility index (Phi) is 4.79. The number of benzene rings is 1. The molecule has 1 aliphatic rings. The Morgan fingerprint density at radius 2 is 1.62 bits per heavy atom. The van der Waals surface area contributed by atoms with Crippen molar-refractivity contribution in [1.29, 1.82) is 0 Å². The lowest BCUT2D eigenvalue weighted by molar-refractivity contribution is -0.142. The van der Waals surface area contributed by atoms with Gasteiger partial charge in [0.1, 0.15) is 17.0 Å². The first-order chi connectivity index (χ1) is 12.1. The molecule has 0 radical (unpaired) electrons. The van der Waals surface area contributed by atoms with E-state index in [0.29, 0.717) is 0 Å². The van der Waals surface area contributed by atoms with Gasteiger partial charge < -0.3 is 5.11 Å². The quantitative estimate of drug-likeness (QED) is 0.642. The second kappa shape index (κ2) is 6.63. The number of nitrogens with zero attached hydrogens (tertiary/aromatic N) is 1. The number of aromatic hydroxyl groups is 1. The van der Waals surface area contributed by atoms with Gasteiger partial charge in [-0.3, -0.25) is 0 Å². The molecule has 0 unspecified atom stereocenters. The molecule has 0 amide bonds. The molecule has 8 heteroatoms. The van der Waals surface area contributed by atoms with E-state index < -0.39 is 34.9 Å². The van der Waals surface area contributed by atoms with Crippen LogP contribution in [0.15, 0.2) is 18.2 Å². The van der Waals surface area contributed by atoms with Crippen LogP contribution in [0.3, 0.4) is 0 Å². The van der Waals surface area contributed by atoms with Crippen molar-refractivity contribution >= 4 is 10.9 Å². The highest BCUT2D eigenvalue weighted by atomic mass is 19.4. The molecule has 1 aromatic heterocycles. The lowest BCUT2D eigenvalue weighted by Crippen LogP contribution is -2.15. The number of hydrogen-bond donors (Lipinski definition) is 1. The number of halogens is 6. The lowest BCUT2D eigenvalue weighted by Gasteiger charge is -2.23. The molecule has 26 heavy (non-hydrogen) atoms. The van der Waals surface area contributed by atoms with Gasteiger partial charge in [0.15, 0.2) is 0 Å². The second-order valence-electron chi connectivity index (χ2n) is 6.73. The monoisotopic (exact) mass is 377 g/mol. The average Bonchev–Trinajstić information content (AvgIpc) is 2.53. The van der Waals surface area contributed by atoms with E-state index >= 15 is 0 Å². The van der Waals surface area contributed by atoms with Crippen LogP contribution in [0.4, 0.5) is 26.3 Å². The van der Waals surface area contributed by atoms with Gasteiger partial charge in [-0.25, -0.2) is 4.98 Å². The molecule has 1 N–H and O–H groups in total. The fraction of sp³-hybridized carbons (Fsp3) is 0.500. The molecule has 3 rings (SSSR count). The molecule has 2 aromatic rings. The highest BCUT2D eigenvalue weighted by Gasteiger charge is 2.39. The smallest absolute Gasteiger partial charge is 0.433 e. The molecule has 0 saturated heterocycles. The van der Waals surface area contributed by atoms with Gasteiger partial charge in [0, 0.05) is 5.39 Å². The first-order valence-electron chi connectivity index (χ1n) is 8.37. The Morgan fingerprint density at radius 1 is 0.962 bits per heavy atom. The van der Waals surface area contributed by atoms with E-state index in [9.17, 15) is 31.4 Å². The summed E-state index contributed by atoms with van der Waals surface area (Å²) in [4.78, 5) is 3.22. The van der Waals surface area contributed by atoms with Gasteiger partial charge in [-0.05, 0) is 36.1 Å². The highest BCUT2D eigenvalue weighted by Crippen LogP contribution is 2.42. The number of rotatable bonds is 2. The van der Waals surface area contributed by atoms with Crippen LogP contribution in [0.2, 0.25) is 0 Å². The summed E-state index contributed by atoms with van der Waals surface area (Å²) in [6, 6.07) is 2.92. The third-order valence-corrected chi connectivity index (χ3v) is 4.85. The van der Waals surface area contributed by atoms with Crippen molar-refractivity contribution in [3.8, 4) is 5.75 Å². The molecule has 0 bridgehead atoms. The van der Waals surface area contributed by atoms with Crippen molar-refractivity contribution in [2.75, 3.05) is 0 Å². The zero-order valence-electron chi connectivity index (χ0n) is 13.7. The summed E-state index contributed by atoms with van der Waals surface area (Å²) in [6.45, 7) is 0. The maximum Gasteiger partial charge on any atom is 0.433 e. The van der Waals surface area contributed by atoms with Crippen LogP contribution >= 0.6 is 0 Å². The predicted octanol–water partition coefficient (Wildman–Crippen LogP) is 6.10. The topological polar surface area (TPSA) is 33.1 Å². The van der Waals surface area contributed by atoms with Crippen LogP contribution in [0.1, 0.15) is 48.9 Å². The normalized spacial score (nSPS) is 17.0. The van der Waals surface area contributed by atoms with Crippen LogP contribution in [-0.2, 0) is 18.8 Å². The minimum absolute atomic E-state index is 0.00805. The number of hydrogen-bond acceptors (Lipinski definition) is 2. The van der Waals surface area contributed by atoms with E-state index in [2.05, 4.69) is 4.98 Å². The Labute approximate surface area is 145 Å². The van der Waals surface area contributed by atoms with E-state index in [-0.39, 0.29) is 23.3 Å². The molecule has 0 spiro atoms. The second-order valence-corrected chi connectivity index (χ2v) is 6.73. The fourth-order valence-electron chi connectivity index (χ4n) is 3.65. The fourth-order valence-corrected chi connectivity index (χ4v) is 3.65. The molecule has 1 fully saturated rings. The van der Waals surface area contributed by atoms with Crippen molar-refractivity contribution < 1.29 is 31.4 Å². The zero-order chi connectivity index (χ0) is 19.1. The molecular formula is C18H17F6NO. The van der Waals surface area contributed by atoms with Gasteiger partial charge in [0.05, 0.1) is 5.52 Å². The first kappa shape index (κ1) is 18.8. The Morgan fingerprint density at radius 3 is 2.19 bits per heavy atom. The number of phenols is 1. The lowest BCUT2D eigenvalue weighted by atomic mass is 9.84. The third-order valence-electron chi connectivity index (χ3n) is 4.85. The minimum Gasteiger partial charge on any atom is -0.507 e. The van der Waals surface area contributed by atoms with Gasteiger partial charge in [-0.2, -0.15) is 26.3 Å². The number of aromatic nitrogens is 1. The Hall–Kier alpha value is -1.99. The Balaban J connectivity index is 2.22. The molecule has 1 aromatic carbocycles. The number of pyridine rings is 1. The molecule has 1 heterocycles. The summed E-state index contributed by atoms with van der Waals surface area (Å²) in [6.07, 6.45) is -4.93. The van der Waals surface area contributed by atoms with E-state index in [1.54, 1.807) is 0 Å². The predicted molar refractivity (Wildman–Crippen MR) is 83.7 cm³/mol. The van der Waals surface area contributed by atoms with Gasteiger partial charge in [-0.15, -0.1) is 0 Å². The molecular weight excluding hydrogens is 360 g/mol. The van der Waals surface area contributed by atoms with E-state index in [1.165, 1.54) is 6.07 Å². The van der Waals surface area contributed by atoms with E-state index in [0.717, 1.165) is 44.2 Å². The highest BCUT2D eigenvalue weighted by molar-refractivity contribution is 5.88. The van der Waals surface area contributed by atoms with Crippen LogP contribution in [0.5, 0.6) is 5.75 Å². The SMILES string of the molecule is Oc1ccc2c(CC3CCCCC3)cc(C(F)(F)F)nc2c1C(F)(F)F. The average molecular weight is 377 g/mol. The maximum absolute atomic E-state index is 13.3. The van der Waals surface area contributed by atoms with Crippen LogP contribution in [-0.4, -0.2) is 10.1 Å². The largest absolute Gasteiger partial charge is 0.507 e. The van der Waals surface area contributed by atoms with Crippen molar-refractivity contribution in [1.82, 2.24) is 4.98 Å². The van der Waals surface area contributed by atoms with Gasteiger partial charge in [-0.1, -0.05) is 32.1 Å². The molecule has 0 aliphatic heterocycles. The van der Waals surface area contributed by atoms with E-state index in [4.69, 9.17) is 0 Å². The molecule has 0 atom stereocenters. The standard InChI is InChI=1S/C18H17F6NO/c19-17(20,21)14-9-11(8-10-4-2-1-3-5-10)12-6-7-13(26)15(16(12)25-14)18(22,23)24/h6-7,9-10,26H,1-5,8H2. The minimum atomic E-state index is -5.01. The molecule has 1 aliphatic carbocycles. The number of phenolic OH excluding ortho intramolecular Hbond substituents is 1. The van der Waals surface area contributed by atoms with E-state index in [1.807, 2.05) is 0 Å². The molecule has 1 saturated carbocycles. The van der Waals surface area contributed by atoms with Crippen LogP contribution in [0.25, 0.3) is 10.9 Å². The summed E-state index contributed by atoms with van der Waals surface area (Å²) >= 11 is 0. The molecule has 142 valence electrons. The van der Waals surface area contributed by atoms with Gasteiger partial charge in [0.2, 0.25) is 0 Å². The summed E-state index contributed by atoms with van der Waals surface area (Å²) in [5.74, 6) is -0.987.